The molecule has 0 radical (unpaired) electrons. The van der Waals surface area contributed by atoms with Crippen LogP contribution >= 0.6 is 15.9 Å². The molecule has 2 N–H and O–H groups in total. The summed E-state index contributed by atoms with van der Waals surface area (Å²) in [6, 6.07) is 15.4. The van der Waals surface area contributed by atoms with Crippen LogP contribution < -0.4 is 20.1 Å². The molecule has 0 saturated heterocycles. The van der Waals surface area contributed by atoms with Crippen LogP contribution in [-0.4, -0.2) is 16.8 Å². The van der Waals surface area contributed by atoms with Crippen molar-refractivity contribution in [3.05, 3.63) is 59.3 Å². The molecule has 24 heavy (non-hydrogen) atoms. The summed E-state index contributed by atoms with van der Waals surface area (Å²) in [5.74, 6) is 2.86. The molecule has 1 aliphatic rings. The van der Waals surface area contributed by atoms with E-state index in [1.54, 1.807) is 0 Å². The Bertz CT molecular complexity index is 871. The van der Waals surface area contributed by atoms with Crippen LogP contribution in [0.1, 0.15) is 0 Å². The molecule has 1 aromatic heterocycles. The molecule has 0 bridgehead atoms. The Morgan fingerprint density at radius 2 is 1.46 bits per heavy atom. The number of rotatable bonds is 4. The van der Waals surface area contributed by atoms with Gasteiger partial charge in [0.1, 0.15) is 18.0 Å². The maximum absolute atomic E-state index is 5.38. The Kier molecular flexibility index (Phi) is 3.92. The molecule has 0 amide bonds. The molecule has 0 atom stereocenters. The fourth-order valence-electron chi connectivity index (χ4n) is 2.30. The molecule has 3 aromatic rings. The van der Waals surface area contributed by atoms with Gasteiger partial charge in [0, 0.05) is 28.0 Å². The summed E-state index contributed by atoms with van der Waals surface area (Å²) in [5, 5.41) is 6.48. The fourth-order valence-corrected chi connectivity index (χ4v) is 2.56. The Hall–Kier alpha value is -2.80. The lowest BCUT2D eigenvalue weighted by Crippen LogP contribution is -1.98. The molecule has 2 heterocycles. The van der Waals surface area contributed by atoms with Crippen molar-refractivity contribution in [3.63, 3.8) is 0 Å². The van der Waals surface area contributed by atoms with Crippen molar-refractivity contribution < 1.29 is 9.47 Å². The van der Waals surface area contributed by atoms with Crippen LogP contribution in [0.3, 0.4) is 0 Å². The van der Waals surface area contributed by atoms with E-state index in [9.17, 15) is 0 Å². The average molecular weight is 385 g/mol. The van der Waals surface area contributed by atoms with Gasteiger partial charge >= 0.3 is 0 Å². The molecule has 0 saturated carbocycles. The fraction of sp³-hybridized carbons (Fsp3) is 0.0588. The smallest absolute Gasteiger partial charge is 0.231 e. The maximum atomic E-state index is 5.38. The van der Waals surface area contributed by atoms with E-state index in [-0.39, 0.29) is 6.79 Å². The van der Waals surface area contributed by atoms with Gasteiger partial charge in [0.05, 0.1) is 0 Å². The van der Waals surface area contributed by atoms with Crippen LogP contribution in [0.4, 0.5) is 23.0 Å². The zero-order valence-corrected chi connectivity index (χ0v) is 14.1. The summed E-state index contributed by atoms with van der Waals surface area (Å²) >= 11 is 3.42. The molecule has 0 unspecified atom stereocenters. The molecule has 7 heteroatoms. The van der Waals surface area contributed by atoms with Crippen LogP contribution in [0, 0.1) is 0 Å². The Morgan fingerprint density at radius 1 is 0.792 bits per heavy atom. The van der Waals surface area contributed by atoms with Crippen LogP contribution in [0.15, 0.2) is 59.3 Å². The van der Waals surface area contributed by atoms with E-state index in [4.69, 9.17) is 9.47 Å². The Balaban J connectivity index is 1.51. The first-order valence-electron chi connectivity index (χ1n) is 7.27. The molecule has 6 nitrogen and oxygen atoms in total. The minimum Gasteiger partial charge on any atom is -0.454 e. The van der Waals surface area contributed by atoms with Gasteiger partial charge in [-0.1, -0.05) is 15.9 Å². The van der Waals surface area contributed by atoms with Crippen LogP contribution in [-0.2, 0) is 0 Å². The van der Waals surface area contributed by atoms with Gasteiger partial charge in [-0.25, -0.2) is 9.97 Å². The number of nitrogens with zero attached hydrogens (tertiary/aromatic N) is 2. The summed E-state index contributed by atoms with van der Waals surface area (Å²) in [4.78, 5) is 8.48. The van der Waals surface area contributed by atoms with Crippen molar-refractivity contribution in [2.45, 2.75) is 0 Å². The van der Waals surface area contributed by atoms with Gasteiger partial charge in [0.2, 0.25) is 6.79 Å². The number of ether oxygens (including phenoxy) is 2. The lowest BCUT2D eigenvalue weighted by molar-refractivity contribution is 0.174. The second-order valence-corrected chi connectivity index (χ2v) is 6.03. The van der Waals surface area contributed by atoms with Crippen molar-refractivity contribution >= 4 is 38.9 Å². The lowest BCUT2D eigenvalue weighted by atomic mass is 10.3. The quantitative estimate of drug-likeness (QED) is 0.692. The van der Waals surface area contributed by atoms with Crippen LogP contribution in [0.25, 0.3) is 0 Å². The van der Waals surface area contributed by atoms with E-state index in [2.05, 4.69) is 36.5 Å². The average Bonchev–Trinajstić information content (AvgIpc) is 3.05. The topological polar surface area (TPSA) is 68.3 Å². The zero-order valence-electron chi connectivity index (χ0n) is 12.5. The van der Waals surface area contributed by atoms with Gasteiger partial charge in [0.15, 0.2) is 11.5 Å². The van der Waals surface area contributed by atoms with Crippen LogP contribution in [0.5, 0.6) is 11.5 Å². The van der Waals surface area contributed by atoms with Gasteiger partial charge in [-0.3, -0.25) is 0 Å². The van der Waals surface area contributed by atoms with E-state index in [1.165, 1.54) is 6.33 Å². The van der Waals surface area contributed by atoms with E-state index in [0.29, 0.717) is 11.6 Å². The first-order valence-corrected chi connectivity index (χ1v) is 8.07. The summed E-state index contributed by atoms with van der Waals surface area (Å²) < 4.78 is 11.7. The van der Waals surface area contributed by atoms with E-state index < -0.39 is 0 Å². The van der Waals surface area contributed by atoms with E-state index in [1.807, 2.05) is 48.5 Å². The van der Waals surface area contributed by atoms with Crippen molar-refractivity contribution in [1.82, 2.24) is 9.97 Å². The summed E-state index contributed by atoms with van der Waals surface area (Å²) in [7, 11) is 0. The Morgan fingerprint density at radius 3 is 2.25 bits per heavy atom. The van der Waals surface area contributed by atoms with Crippen molar-refractivity contribution in [1.29, 1.82) is 0 Å². The van der Waals surface area contributed by atoms with Gasteiger partial charge in [0.25, 0.3) is 0 Å². The zero-order chi connectivity index (χ0) is 16.4. The molecule has 0 fully saturated rings. The molecule has 0 spiro atoms. The number of anilines is 4. The number of hydrogen-bond donors (Lipinski definition) is 2. The predicted molar refractivity (Wildman–Crippen MR) is 95.3 cm³/mol. The highest BCUT2D eigenvalue weighted by atomic mass is 79.9. The van der Waals surface area contributed by atoms with E-state index in [0.717, 1.165) is 27.3 Å². The summed E-state index contributed by atoms with van der Waals surface area (Å²) in [6.07, 6.45) is 1.51. The second kappa shape index (κ2) is 6.37. The summed E-state index contributed by atoms with van der Waals surface area (Å²) in [6.45, 7) is 0.257. The van der Waals surface area contributed by atoms with Gasteiger partial charge in [-0.2, -0.15) is 0 Å². The number of aromatic nitrogens is 2. The molecule has 120 valence electrons. The SMILES string of the molecule is Brc1ccc(Nc2cc(Nc3ccc4c(c3)OCO4)ncn2)cc1. The first-order chi connectivity index (χ1) is 11.8. The third kappa shape index (κ3) is 3.26. The molecular formula is C17H13BrN4O2. The highest BCUT2D eigenvalue weighted by molar-refractivity contribution is 9.10. The maximum Gasteiger partial charge on any atom is 0.231 e. The minimum atomic E-state index is 0.257. The molecular weight excluding hydrogens is 372 g/mol. The highest BCUT2D eigenvalue weighted by Gasteiger charge is 2.13. The van der Waals surface area contributed by atoms with Gasteiger partial charge in [-0.15, -0.1) is 0 Å². The first kappa shape index (κ1) is 14.8. The van der Waals surface area contributed by atoms with Crippen molar-refractivity contribution in [2.75, 3.05) is 17.4 Å². The third-order valence-electron chi connectivity index (χ3n) is 3.43. The second-order valence-electron chi connectivity index (χ2n) is 5.11. The third-order valence-corrected chi connectivity index (χ3v) is 3.96. The minimum absolute atomic E-state index is 0.257. The van der Waals surface area contributed by atoms with Gasteiger partial charge in [-0.05, 0) is 36.4 Å². The number of nitrogens with one attached hydrogen (secondary N) is 2. The van der Waals surface area contributed by atoms with Crippen molar-refractivity contribution in [3.8, 4) is 11.5 Å². The number of hydrogen-bond acceptors (Lipinski definition) is 6. The highest BCUT2D eigenvalue weighted by Crippen LogP contribution is 2.35. The standard InChI is InChI=1S/C17H13BrN4O2/c18-11-1-3-12(4-2-11)21-16-8-17(20-9-19-16)22-13-5-6-14-15(7-13)24-10-23-14/h1-9H,10H2,(H2,19,20,21,22). The molecule has 1 aliphatic heterocycles. The summed E-state index contributed by atoms with van der Waals surface area (Å²) in [5.41, 5.74) is 1.82. The van der Waals surface area contributed by atoms with E-state index >= 15 is 0 Å². The normalized spacial score (nSPS) is 12.0. The number of halogens is 1. The number of fused-ring (bicyclic) bond motifs is 1. The van der Waals surface area contributed by atoms with Crippen molar-refractivity contribution in [2.24, 2.45) is 0 Å². The van der Waals surface area contributed by atoms with Gasteiger partial charge < -0.3 is 20.1 Å². The molecule has 4 rings (SSSR count). The number of benzene rings is 2. The molecule has 0 aliphatic carbocycles. The monoisotopic (exact) mass is 384 g/mol. The predicted octanol–water partition coefficient (Wildman–Crippen LogP) is 4.46. The largest absolute Gasteiger partial charge is 0.454 e. The lowest BCUT2D eigenvalue weighted by Gasteiger charge is -2.09. The molecule has 2 aromatic carbocycles. The Labute approximate surface area is 147 Å². The van der Waals surface area contributed by atoms with Crippen LogP contribution in [0.2, 0.25) is 0 Å².